The molecule has 0 unspecified atom stereocenters. The van der Waals surface area contributed by atoms with Gasteiger partial charge in [0.15, 0.2) is 0 Å². The van der Waals surface area contributed by atoms with Gasteiger partial charge in [-0.05, 0) is 46.3 Å². The number of carbonyl (C=O) groups is 1. The lowest BCUT2D eigenvalue weighted by Gasteiger charge is -2.10. The summed E-state index contributed by atoms with van der Waals surface area (Å²) in [6, 6.07) is 5.67. The zero-order chi connectivity index (χ0) is 14.9. The fourth-order valence-corrected chi connectivity index (χ4v) is 2.49. The lowest BCUT2D eigenvalue weighted by Crippen LogP contribution is -2.13. The molecule has 2 rings (SSSR count). The van der Waals surface area contributed by atoms with Gasteiger partial charge in [-0.15, -0.1) is 0 Å². The zero-order valence-electron chi connectivity index (χ0n) is 9.88. The molecule has 0 aliphatic rings. The van der Waals surface area contributed by atoms with E-state index in [0.717, 1.165) is 24.3 Å². The van der Waals surface area contributed by atoms with Gasteiger partial charge in [0.25, 0.3) is 5.91 Å². The third kappa shape index (κ3) is 3.26. The largest absolute Gasteiger partial charge is 0.399 e. The van der Waals surface area contributed by atoms with E-state index in [1.807, 2.05) is 0 Å². The maximum absolute atomic E-state index is 13.2. The molecule has 104 valence electrons. The van der Waals surface area contributed by atoms with Crippen LogP contribution in [-0.4, -0.2) is 5.91 Å². The highest BCUT2D eigenvalue weighted by Gasteiger charge is 2.14. The van der Waals surface area contributed by atoms with Crippen molar-refractivity contribution in [1.82, 2.24) is 0 Å². The molecule has 0 aliphatic carbocycles. The number of anilines is 2. The summed E-state index contributed by atoms with van der Waals surface area (Å²) in [5.41, 5.74) is 5.82. The second-order valence-electron chi connectivity index (χ2n) is 3.97. The first kappa shape index (κ1) is 14.7. The van der Waals surface area contributed by atoms with E-state index in [-0.39, 0.29) is 26.4 Å². The molecule has 0 radical (unpaired) electrons. The highest BCUT2D eigenvalue weighted by molar-refractivity contribution is 9.10. The van der Waals surface area contributed by atoms with Crippen molar-refractivity contribution in [1.29, 1.82) is 0 Å². The zero-order valence-corrected chi connectivity index (χ0v) is 12.2. The van der Waals surface area contributed by atoms with Crippen LogP contribution in [0.15, 0.2) is 34.8 Å². The van der Waals surface area contributed by atoms with Crippen molar-refractivity contribution in [3.05, 3.63) is 57.0 Å². The lowest BCUT2D eigenvalue weighted by atomic mass is 10.1. The standard InChI is InChI=1S/C13H8BrClF2N2O/c14-10-4-8(17)5-11(15)12(10)19-13(20)6-1-7(16)3-9(18)2-6/h1-5H,18H2,(H,19,20). The van der Waals surface area contributed by atoms with Crippen LogP contribution in [0.3, 0.4) is 0 Å². The first-order valence-corrected chi connectivity index (χ1v) is 6.56. The molecule has 2 aromatic rings. The normalized spacial score (nSPS) is 10.4. The van der Waals surface area contributed by atoms with Crippen molar-refractivity contribution in [2.75, 3.05) is 11.1 Å². The van der Waals surface area contributed by atoms with E-state index in [1.54, 1.807) is 0 Å². The summed E-state index contributed by atoms with van der Waals surface area (Å²) in [6.07, 6.45) is 0. The first-order valence-electron chi connectivity index (χ1n) is 5.39. The van der Waals surface area contributed by atoms with Crippen molar-refractivity contribution in [3.63, 3.8) is 0 Å². The van der Waals surface area contributed by atoms with Gasteiger partial charge < -0.3 is 11.1 Å². The maximum atomic E-state index is 13.2. The summed E-state index contributed by atoms with van der Waals surface area (Å²) in [4.78, 5) is 12.0. The molecule has 20 heavy (non-hydrogen) atoms. The average Bonchev–Trinajstić information content (AvgIpc) is 2.32. The Balaban J connectivity index is 2.32. The molecule has 0 aliphatic heterocycles. The predicted octanol–water partition coefficient (Wildman–Crippen LogP) is 4.22. The summed E-state index contributed by atoms with van der Waals surface area (Å²) in [5, 5.41) is 2.49. The summed E-state index contributed by atoms with van der Waals surface area (Å²) < 4.78 is 26.6. The van der Waals surface area contributed by atoms with Crippen LogP contribution in [0.4, 0.5) is 20.2 Å². The molecule has 0 heterocycles. The molecule has 0 saturated heterocycles. The second-order valence-corrected chi connectivity index (χ2v) is 5.23. The monoisotopic (exact) mass is 360 g/mol. The van der Waals surface area contributed by atoms with E-state index in [9.17, 15) is 13.6 Å². The van der Waals surface area contributed by atoms with Crippen LogP contribution < -0.4 is 11.1 Å². The molecule has 0 saturated carbocycles. The van der Waals surface area contributed by atoms with Gasteiger partial charge >= 0.3 is 0 Å². The van der Waals surface area contributed by atoms with Gasteiger partial charge in [0, 0.05) is 15.7 Å². The molecule has 3 nitrogen and oxygen atoms in total. The van der Waals surface area contributed by atoms with E-state index in [2.05, 4.69) is 21.2 Å². The van der Waals surface area contributed by atoms with E-state index in [4.69, 9.17) is 17.3 Å². The number of carbonyl (C=O) groups excluding carboxylic acids is 1. The SMILES string of the molecule is Nc1cc(F)cc(C(=O)Nc2c(Cl)cc(F)cc2Br)c1. The van der Waals surface area contributed by atoms with Crippen molar-refractivity contribution in [2.24, 2.45) is 0 Å². The quantitative estimate of drug-likeness (QED) is 0.787. The van der Waals surface area contributed by atoms with Crippen LogP contribution >= 0.6 is 27.5 Å². The van der Waals surface area contributed by atoms with Crippen LogP contribution in [0.1, 0.15) is 10.4 Å². The number of hydrogen-bond donors (Lipinski definition) is 2. The Kier molecular flexibility index (Phi) is 4.25. The molecule has 0 spiro atoms. The van der Waals surface area contributed by atoms with Crippen molar-refractivity contribution < 1.29 is 13.6 Å². The highest BCUT2D eigenvalue weighted by atomic mass is 79.9. The molecule has 0 bridgehead atoms. The Labute approximate surface area is 126 Å². The van der Waals surface area contributed by atoms with Crippen molar-refractivity contribution in [3.8, 4) is 0 Å². The number of nitrogen functional groups attached to an aromatic ring is 1. The van der Waals surface area contributed by atoms with E-state index >= 15 is 0 Å². The van der Waals surface area contributed by atoms with E-state index in [0.29, 0.717) is 0 Å². The molecular weight excluding hydrogens is 354 g/mol. The van der Waals surface area contributed by atoms with Gasteiger partial charge in [-0.1, -0.05) is 11.6 Å². The van der Waals surface area contributed by atoms with Gasteiger partial charge in [-0.3, -0.25) is 4.79 Å². The number of nitrogens with one attached hydrogen (secondary N) is 1. The number of hydrogen-bond acceptors (Lipinski definition) is 2. The molecule has 3 N–H and O–H groups in total. The minimum atomic E-state index is -0.626. The summed E-state index contributed by atoms with van der Waals surface area (Å²) >= 11 is 8.94. The summed E-state index contributed by atoms with van der Waals surface area (Å²) in [7, 11) is 0. The second kappa shape index (κ2) is 5.76. The van der Waals surface area contributed by atoms with Gasteiger partial charge in [-0.2, -0.15) is 0 Å². The molecule has 0 aromatic heterocycles. The highest BCUT2D eigenvalue weighted by Crippen LogP contribution is 2.32. The lowest BCUT2D eigenvalue weighted by molar-refractivity contribution is 0.102. The Bertz CT molecular complexity index is 651. The summed E-state index contributed by atoms with van der Waals surface area (Å²) in [5.74, 6) is -1.78. The fraction of sp³-hybridized carbons (Fsp3) is 0. The van der Waals surface area contributed by atoms with Gasteiger partial charge in [0.05, 0.1) is 10.7 Å². The Hall–Kier alpha value is -1.66. The van der Waals surface area contributed by atoms with Gasteiger partial charge in [0.2, 0.25) is 0 Å². The molecule has 2 aromatic carbocycles. The third-order valence-corrected chi connectivity index (χ3v) is 3.35. The van der Waals surface area contributed by atoms with Crippen LogP contribution in [0.25, 0.3) is 0 Å². The molecule has 7 heteroatoms. The third-order valence-electron chi connectivity index (χ3n) is 2.43. The summed E-state index contributed by atoms with van der Waals surface area (Å²) in [6.45, 7) is 0. The van der Waals surface area contributed by atoms with E-state index in [1.165, 1.54) is 6.07 Å². The van der Waals surface area contributed by atoms with Crippen LogP contribution in [0.2, 0.25) is 5.02 Å². The minimum Gasteiger partial charge on any atom is -0.399 e. The number of amides is 1. The average molecular weight is 362 g/mol. The number of nitrogens with two attached hydrogens (primary N) is 1. The molecule has 1 amide bonds. The molecular formula is C13H8BrClF2N2O. The smallest absolute Gasteiger partial charge is 0.255 e. The Morgan fingerprint density at radius 3 is 2.40 bits per heavy atom. The van der Waals surface area contributed by atoms with Crippen molar-refractivity contribution in [2.45, 2.75) is 0 Å². The first-order chi connectivity index (χ1) is 9.36. The van der Waals surface area contributed by atoms with Crippen LogP contribution in [0, 0.1) is 11.6 Å². The van der Waals surface area contributed by atoms with Gasteiger partial charge in [0.1, 0.15) is 11.6 Å². The number of benzene rings is 2. The maximum Gasteiger partial charge on any atom is 0.255 e. The Morgan fingerprint density at radius 2 is 1.80 bits per heavy atom. The predicted molar refractivity (Wildman–Crippen MR) is 77.9 cm³/mol. The molecule has 0 atom stereocenters. The van der Waals surface area contributed by atoms with E-state index < -0.39 is 17.5 Å². The van der Waals surface area contributed by atoms with Gasteiger partial charge in [-0.25, -0.2) is 8.78 Å². The van der Waals surface area contributed by atoms with Crippen LogP contribution in [0.5, 0.6) is 0 Å². The van der Waals surface area contributed by atoms with Crippen molar-refractivity contribution >= 4 is 44.8 Å². The number of halogens is 4. The number of rotatable bonds is 2. The van der Waals surface area contributed by atoms with Crippen LogP contribution in [-0.2, 0) is 0 Å². The molecule has 0 fully saturated rings. The topological polar surface area (TPSA) is 55.1 Å². The minimum absolute atomic E-state index is 0.0228. The fourth-order valence-electron chi connectivity index (χ4n) is 1.59. The Morgan fingerprint density at radius 1 is 1.15 bits per heavy atom.